The van der Waals surface area contributed by atoms with Gasteiger partial charge in [0.05, 0.1) is 4.90 Å². The zero-order valence-corrected chi connectivity index (χ0v) is 15.8. The van der Waals surface area contributed by atoms with Crippen molar-refractivity contribution in [1.29, 1.82) is 0 Å². The van der Waals surface area contributed by atoms with Gasteiger partial charge in [-0.2, -0.15) is 0 Å². The van der Waals surface area contributed by atoms with Gasteiger partial charge in [-0.3, -0.25) is 0 Å². The lowest BCUT2D eigenvalue weighted by Crippen LogP contribution is -2.28. The highest BCUT2D eigenvalue weighted by Gasteiger charge is 2.17. The molecule has 2 aromatic carbocycles. The van der Waals surface area contributed by atoms with E-state index >= 15 is 0 Å². The number of rotatable bonds is 7. The maximum atomic E-state index is 12.5. The first-order valence-corrected chi connectivity index (χ1v) is 9.70. The zero-order valence-electron chi connectivity index (χ0n) is 14.2. The average molecular weight is 367 g/mol. The summed E-state index contributed by atoms with van der Waals surface area (Å²) in [6.07, 6.45) is 0.718. The third-order valence-corrected chi connectivity index (χ3v) is 5.92. The SMILES string of the molecule is Cc1cc(S(=O)(=O)NCCCN(C)c2ccccc2)c(C)cc1Cl. The Kier molecular flexibility index (Phi) is 6.27. The predicted octanol–water partition coefficient (Wildman–Crippen LogP) is 3.76. The van der Waals surface area contributed by atoms with Crippen LogP contribution in [0.1, 0.15) is 17.5 Å². The molecule has 0 unspecified atom stereocenters. The molecule has 0 spiro atoms. The Bertz CT molecular complexity index is 792. The second-order valence-corrected chi connectivity index (χ2v) is 8.02. The number of hydrogen-bond acceptors (Lipinski definition) is 3. The molecule has 0 bridgehead atoms. The summed E-state index contributed by atoms with van der Waals surface area (Å²) < 4.78 is 27.6. The zero-order chi connectivity index (χ0) is 17.7. The monoisotopic (exact) mass is 366 g/mol. The molecule has 130 valence electrons. The number of anilines is 1. The van der Waals surface area contributed by atoms with Gasteiger partial charge in [-0.05, 0) is 55.7 Å². The fourth-order valence-corrected chi connectivity index (χ4v) is 4.06. The summed E-state index contributed by atoms with van der Waals surface area (Å²) in [5, 5.41) is 0.580. The minimum absolute atomic E-state index is 0.292. The summed E-state index contributed by atoms with van der Waals surface area (Å²) in [6, 6.07) is 13.3. The molecule has 0 aromatic heterocycles. The van der Waals surface area contributed by atoms with Gasteiger partial charge >= 0.3 is 0 Å². The Morgan fingerprint density at radius 2 is 1.75 bits per heavy atom. The maximum absolute atomic E-state index is 12.5. The summed E-state index contributed by atoms with van der Waals surface area (Å²) in [5.74, 6) is 0. The van der Waals surface area contributed by atoms with E-state index in [0.717, 1.165) is 24.2 Å². The second-order valence-electron chi connectivity index (χ2n) is 5.88. The van der Waals surface area contributed by atoms with Crippen molar-refractivity contribution in [3.63, 3.8) is 0 Å². The van der Waals surface area contributed by atoms with E-state index in [0.29, 0.717) is 22.0 Å². The van der Waals surface area contributed by atoms with E-state index in [-0.39, 0.29) is 0 Å². The van der Waals surface area contributed by atoms with Gasteiger partial charge in [-0.1, -0.05) is 29.8 Å². The molecule has 4 nitrogen and oxygen atoms in total. The van der Waals surface area contributed by atoms with Crippen molar-refractivity contribution in [2.75, 3.05) is 25.0 Å². The lowest BCUT2D eigenvalue weighted by molar-refractivity contribution is 0.578. The van der Waals surface area contributed by atoms with Crippen LogP contribution < -0.4 is 9.62 Å². The van der Waals surface area contributed by atoms with E-state index in [1.54, 1.807) is 26.0 Å². The van der Waals surface area contributed by atoms with Crippen molar-refractivity contribution < 1.29 is 8.42 Å². The average Bonchev–Trinajstić information content (AvgIpc) is 2.55. The van der Waals surface area contributed by atoms with Gasteiger partial charge in [0.1, 0.15) is 0 Å². The van der Waals surface area contributed by atoms with Crippen molar-refractivity contribution in [3.05, 3.63) is 58.6 Å². The second kappa shape index (κ2) is 8.01. The van der Waals surface area contributed by atoms with E-state index in [4.69, 9.17) is 11.6 Å². The Morgan fingerprint density at radius 3 is 2.42 bits per heavy atom. The van der Waals surface area contributed by atoms with Crippen LogP contribution in [-0.4, -0.2) is 28.6 Å². The number of nitrogens with zero attached hydrogens (tertiary/aromatic N) is 1. The molecular formula is C18H23ClN2O2S. The highest BCUT2D eigenvalue weighted by Crippen LogP contribution is 2.23. The molecule has 6 heteroatoms. The number of halogens is 1. The molecule has 0 atom stereocenters. The van der Waals surface area contributed by atoms with Gasteiger partial charge in [0, 0.05) is 30.8 Å². The lowest BCUT2D eigenvalue weighted by Gasteiger charge is -2.19. The van der Waals surface area contributed by atoms with E-state index in [2.05, 4.69) is 9.62 Å². The van der Waals surface area contributed by atoms with E-state index in [1.165, 1.54) is 0 Å². The number of hydrogen-bond donors (Lipinski definition) is 1. The molecule has 2 aromatic rings. The molecule has 24 heavy (non-hydrogen) atoms. The van der Waals surface area contributed by atoms with Crippen LogP contribution in [0.4, 0.5) is 5.69 Å². The normalized spacial score (nSPS) is 11.5. The predicted molar refractivity (Wildman–Crippen MR) is 100 cm³/mol. The minimum atomic E-state index is -3.52. The van der Waals surface area contributed by atoms with Crippen LogP contribution in [-0.2, 0) is 10.0 Å². The van der Waals surface area contributed by atoms with Crippen LogP contribution >= 0.6 is 11.6 Å². The standard InChI is InChI=1S/C18H23ClN2O2S/c1-14-13-18(15(2)12-17(14)19)24(22,23)20-10-7-11-21(3)16-8-5-4-6-9-16/h4-6,8-9,12-13,20H,7,10-11H2,1-3H3. The van der Waals surface area contributed by atoms with Crippen molar-refractivity contribution in [2.24, 2.45) is 0 Å². The summed E-state index contributed by atoms with van der Waals surface area (Å²) in [5.41, 5.74) is 2.52. The smallest absolute Gasteiger partial charge is 0.240 e. The summed E-state index contributed by atoms with van der Waals surface area (Å²) in [4.78, 5) is 2.40. The number of aryl methyl sites for hydroxylation is 2. The van der Waals surface area contributed by atoms with Gasteiger partial charge < -0.3 is 4.90 Å². The van der Waals surface area contributed by atoms with E-state index in [9.17, 15) is 8.42 Å². The van der Waals surface area contributed by atoms with Crippen LogP contribution in [0, 0.1) is 13.8 Å². The number of benzene rings is 2. The molecule has 1 N–H and O–H groups in total. The number of sulfonamides is 1. The quantitative estimate of drug-likeness (QED) is 0.759. The highest BCUT2D eigenvalue weighted by atomic mass is 35.5. The van der Waals surface area contributed by atoms with Crippen molar-refractivity contribution in [3.8, 4) is 0 Å². The number of nitrogens with one attached hydrogen (secondary N) is 1. The van der Waals surface area contributed by atoms with Gasteiger partial charge in [0.2, 0.25) is 10.0 Å². The molecule has 0 saturated heterocycles. The van der Waals surface area contributed by atoms with Gasteiger partial charge in [0.15, 0.2) is 0 Å². The van der Waals surface area contributed by atoms with Gasteiger partial charge in [-0.25, -0.2) is 13.1 Å². The topological polar surface area (TPSA) is 49.4 Å². The first-order valence-electron chi connectivity index (χ1n) is 7.84. The van der Waals surface area contributed by atoms with Crippen molar-refractivity contribution >= 4 is 27.3 Å². The first-order chi connectivity index (χ1) is 11.3. The Balaban J connectivity index is 1.93. The molecule has 0 aliphatic heterocycles. The largest absolute Gasteiger partial charge is 0.375 e. The fourth-order valence-electron chi connectivity index (χ4n) is 2.46. The maximum Gasteiger partial charge on any atom is 0.240 e. The Labute approximate surface area is 149 Å². The molecule has 2 rings (SSSR count). The molecule has 0 amide bonds. The summed E-state index contributed by atoms with van der Waals surface area (Å²) in [7, 11) is -1.52. The van der Waals surface area contributed by atoms with Gasteiger partial charge in [-0.15, -0.1) is 0 Å². The van der Waals surface area contributed by atoms with E-state index < -0.39 is 10.0 Å². The molecule has 0 aliphatic rings. The van der Waals surface area contributed by atoms with Crippen LogP contribution in [0.2, 0.25) is 5.02 Å². The Morgan fingerprint density at radius 1 is 1.08 bits per heavy atom. The molecule has 0 fully saturated rings. The molecular weight excluding hydrogens is 344 g/mol. The summed E-state index contributed by atoms with van der Waals surface area (Å²) >= 11 is 6.04. The molecule has 0 aliphatic carbocycles. The molecule has 0 radical (unpaired) electrons. The van der Waals surface area contributed by atoms with Gasteiger partial charge in [0.25, 0.3) is 0 Å². The molecule has 0 heterocycles. The lowest BCUT2D eigenvalue weighted by atomic mass is 10.2. The van der Waals surface area contributed by atoms with Crippen LogP contribution in [0.3, 0.4) is 0 Å². The van der Waals surface area contributed by atoms with Crippen LogP contribution in [0.5, 0.6) is 0 Å². The third kappa shape index (κ3) is 4.72. The first kappa shape index (κ1) is 18.8. The summed E-state index contributed by atoms with van der Waals surface area (Å²) in [6.45, 7) is 4.71. The van der Waals surface area contributed by atoms with E-state index in [1.807, 2.05) is 37.4 Å². The van der Waals surface area contributed by atoms with Crippen molar-refractivity contribution in [2.45, 2.75) is 25.2 Å². The van der Waals surface area contributed by atoms with Crippen LogP contribution in [0.15, 0.2) is 47.4 Å². The highest BCUT2D eigenvalue weighted by molar-refractivity contribution is 7.89. The fraction of sp³-hybridized carbons (Fsp3) is 0.333. The van der Waals surface area contributed by atoms with Crippen molar-refractivity contribution in [1.82, 2.24) is 4.72 Å². The van der Waals surface area contributed by atoms with Crippen LogP contribution in [0.25, 0.3) is 0 Å². The Hall–Kier alpha value is -1.56. The third-order valence-electron chi connectivity index (χ3n) is 3.91. The minimum Gasteiger partial charge on any atom is -0.375 e. The molecule has 0 saturated carbocycles. The number of para-hydroxylation sites is 1.